The van der Waals surface area contributed by atoms with Crippen molar-refractivity contribution in [1.29, 1.82) is 5.26 Å². The van der Waals surface area contributed by atoms with E-state index in [1.54, 1.807) is 0 Å². The Morgan fingerprint density at radius 2 is 1.71 bits per heavy atom. The van der Waals surface area contributed by atoms with Crippen molar-refractivity contribution in [3.63, 3.8) is 0 Å². The molecule has 1 aromatic carbocycles. The van der Waals surface area contributed by atoms with E-state index in [0.717, 1.165) is 18.8 Å². The molecule has 1 fully saturated rings. The lowest BCUT2D eigenvalue weighted by Crippen LogP contribution is -2.27. The molecule has 90 valence electrons. The Morgan fingerprint density at radius 3 is 2.29 bits per heavy atom. The molecule has 0 unspecified atom stereocenters. The molecular weight excluding hydrogens is 210 g/mol. The summed E-state index contributed by atoms with van der Waals surface area (Å²) in [6, 6.07) is 7.87. The van der Waals surface area contributed by atoms with Crippen molar-refractivity contribution in [3.05, 3.63) is 23.8 Å². The van der Waals surface area contributed by atoms with Gasteiger partial charge in [0, 0.05) is 18.8 Å². The fourth-order valence-electron chi connectivity index (χ4n) is 2.35. The van der Waals surface area contributed by atoms with Crippen LogP contribution in [0.15, 0.2) is 18.2 Å². The van der Waals surface area contributed by atoms with Crippen LogP contribution in [-0.2, 0) is 0 Å². The highest BCUT2D eigenvalue weighted by Crippen LogP contribution is 2.23. The van der Waals surface area contributed by atoms with Gasteiger partial charge in [0.05, 0.1) is 11.3 Å². The smallest absolute Gasteiger partial charge is 0.101 e. The van der Waals surface area contributed by atoms with E-state index in [-0.39, 0.29) is 0 Å². The molecule has 0 spiro atoms. The zero-order chi connectivity index (χ0) is 12.1. The van der Waals surface area contributed by atoms with Crippen molar-refractivity contribution in [2.45, 2.75) is 32.1 Å². The Kier molecular flexibility index (Phi) is 3.87. The molecular formula is C14H19N3. The Morgan fingerprint density at radius 1 is 1.06 bits per heavy atom. The van der Waals surface area contributed by atoms with Gasteiger partial charge in [0.1, 0.15) is 6.07 Å². The summed E-state index contributed by atoms with van der Waals surface area (Å²) in [4.78, 5) is 2.39. The fraction of sp³-hybridized carbons (Fsp3) is 0.500. The Hall–Kier alpha value is -1.69. The highest BCUT2D eigenvalue weighted by molar-refractivity contribution is 5.63. The van der Waals surface area contributed by atoms with Gasteiger partial charge in [0.15, 0.2) is 0 Å². The van der Waals surface area contributed by atoms with E-state index in [1.165, 1.54) is 32.1 Å². The number of nitrogens with zero attached hydrogens (tertiary/aromatic N) is 2. The molecule has 1 aromatic rings. The minimum absolute atomic E-state index is 0.570. The fourth-order valence-corrected chi connectivity index (χ4v) is 2.35. The second-order valence-corrected chi connectivity index (χ2v) is 4.64. The van der Waals surface area contributed by atoms with Crippen LogP contribution < -0.4 is 10.6 Å². The molecule has 0 aliphatic carbocycles. The maximum Gasteiger partial charge on any atom is 0.101 e. The average molecular weight is 229 g/mol. The summed E-state index contributed by atoms with van der Waals surface area (Å²) in [5.74, 6) is 0. The zero-order valence-electron chi connectivity index (χ0n) is 10.2. The quantitative estimate of drug-likeness (QED) is 0.753. The average Bonchev–Trinajstić information content (AvgIpc) is 2.28. The maximum atomic E-state index is 8.86. The lowest BCUT2D eigenvalue weighted by Gasteiger charge is -2.27. The van der Waals surface area contributed by atoms with E-state index in [4.69, 9.17) is 11.0 Å². The van der Waals surface area contributed by atoms with Gasteiger partial charge in [-0.15, -0.1) is 0 Å². The first-order chi connectivity index (χ1) is 8.31. The Balaban J connectivity index is 2.15. The molecule has 3 heteroatoms. The molecule has 0 atom stereocenters. The number of nitrogens with two attached hydrogens (primary N) is 1. The first-order valence-corrected chi connectivity index (χ1v) is 6.36. The SMILES string of the molecule is N#Cc1ccc(N2CCCCCCC2)cc1N. The van der Waals surface area contributed by atoms with Crippen molar-refractivity contribution >= 4 is 11.4 Å². The molecule has 1 aliphatic rings. The normalized spacial score (nSPS) is 17.0. The molecule has 0 bridgehead atoms. The van der Waals surface area contributed by atoms with Gasteiger partial charge in [-0.3, -0.25) is 0 Å². The van der Waals surface area contributed by atoms with E-state index < -0.39 is 0 Å². The van der Waals surface area contributed by atoms with Gasteiger partial charge in [-0.2, -0.15) is 5.26 Å². The highest BCUT2D eigenvalue weighted by atomic mass is 15.1. The highest BCUT2D eigenvalue weighted by Gasteiger charge is 2.10. The number of nitriles is 1. The van der Waals surface area contributed by atoms with Crippen molar-refractivity contribution in [2.75, 3.05) is 23.7 Å². The van der Waals surface area contributed by atoms with E-state index in [0.29, 0.717) is 11.3 Å². The first-order valence-electron chi connectivity index (χ1n) is 6.36. The molecule has 2 N–H and O–H groups in total. The van der Waals surface area contributed by atoms with Crippen LogP contribution in [0.25, 0.3) is 0 Å². The molecule has 0 saturated carbocycles. The van der Waals surface area contributed by atoms with Crippen molar-refractivity contribution in [3.8, 4) is 6.07 Å². The van der Waals surface area contributed by atoms with E-state index in [9.17, 15) is 0 Å². The molecule has 17 heavy (non-hydrogen) atoms. The largest absolute Gasteiger partial charge is 0.398 e. The Labute approximate surface area is 103 Å². The molecule has 1 heterocycles. The predicted molar refractivity (Wildman–Crippen MR) is 70.9 cm³/mol. The third-order valence-electron chi connectivity index (χ3n) is 3.38. The molecule has 0 radical (unpaired) electrons. The van der Waals surface area contributed by atoms with Crippen molar-refractivity contribution in [2.24, 2.45) is 0 Å². The summed E-state index contributed by atoms with van der Waals surface area (Å²) in [5.41, 5.74) is 8.18. The van der Waals surface area contributed by atoms with Gasteiger partial charge in [0.2, 0.25) is 0 Å². The van der Waals surface area contributed by atoms with E-state index in [1.807, 2.05) is 18.2 Å². The molecule has 0 amide bonds. The molecule has 1 saturated heterocycles. The van der Waals surface area contributed by atoms with Gasteiger partial charge in [0.25, 0.3) is 0 Å². The summed E-state index contributed by atoms with van der Waals surface area (Å²) in [6.45, 7) is 2.21. The summed E-state index contributed by atoms with van der Waals surface area (Å²) >= 11 is 0. The first kappa shape index (κ1) is 11.8. The molecule has 0 aromatic heterocycles. The van der Waals surface area contributed by atoms with Gasteiger partial charge in [-0.1, -0.05) is 19.3 Å². The number of rotatable bonds is 1. The number of hydrogen-bond donors (Lipinski definition) is 1. The van der Waals surface area contributed by atoms with Gasteiger partial charge >= 0.3 is 0 Å². The van der Waals surface area contributed by atoms with Crippen LogP contribution in [0.4, 0.5) is 11.4 Å². The van der Waals surface area contributed by atoms with E-state index >= 15 is 0 Å². The number of anilines is 2. The third kappa shape index (κ3) is 2.91. The van der Waals surface area contributed by atoms with Gasteiger partial charge in [-0.25, -0.2) is 0 Å². The third-order valence-corrected chi connectivity index (χ3v) is 3.38. The summed E-state index contributed by atoms with van der Waals surface area (Å²) in [6.07, 6.45) is 6.51. The van der Waals surface area contributed by atoms with Crippen LogP contribution >= 0.6 is 0 Å². The van der Waals surface area contributed by atoms with Crippen LogP contribution in [0.2, 0.25) is 0 Å². The van der Waals surface area contributed by atoms with Crippen LogP contribution in [0, 0.1) is 11.3 Å². The van der Waals surface area contributed by atoms with Gasteiger partial charge < -0.3 is 10.6 Å². The molecule has 2 rings (SSSR count). The number of benzene rings is 1. The lowest BCUT2D eigenvalue weighted by molar-refractivity contribution is 0.556. The number of nitrogen functional groups attached to an aromatic ring is 1. The van der Waals surface area contributed by atoms with Crippen LogP contribution in [0.3, 0.4) is 0 Å². The van der Waals surface area contributed by atoms with Crippen molar-refractivity contribution < 1.29 is 0 Å². The topological polar surface area (TPSA) is 53.0 Å². The van der Waals surface area contributed by atoms with Gasteiger partial charge in [-0.05, 0) is 31.0 Å². The Bertz CT molecular complexity index is 412. The summed E-state index contributed by atoms with van der Waals surface area (Å²) < 4.78 is 0. The molecule has 1 aliphatic heterocycles. The van der Waals surface area contributed by atoms with Crippen LogP contribution in [0.1, 0.15) is 37.7 Å². The second kappa shape index (κ2) is 5.58. The van der Waals surface area contributed by atoms with E-state index in [2.05, 4.69) is 11.0 Å². The van der Waals surface area contributed by atoms with Crippen LogP contribution in [0.5, 0.6) is 0 Å². The molecule has 3 nitrogen and oxygen atoms in total. The minimum atomic E-state index is 0.570. The minimum Gasteiger partial charge on any atom is -0.398 e. The predicted octanol–water partition coefficient (Wildman–Crippen LogP) is 2.91. The van der Waals surface area contributed by atoms with Crippen molar-refractivity contribution in [1.82, 2.24) is 0 Å². The standard InChI is InChI=1S/C14H19N3/c15-11-12-6-7-13(10-14(12)16)17-8-4-2-1-3-5-9-17/h6-7,10H,1-5,8-9,16H2. The zero-order valence-corrected chi connectivity index (χ0v) is 10.2. The number of hydrogen-bond acceptors (Lipinski definition) is 3. The maximum absolute atomic E-state index is 8.86. The monoisotopic (exact) mass is 229 g/mol. The second-order valence-electron chi connectivity index (χ2n) is 4.64. The van der Waals surface area contributed by atoms with Crippen LogP contribution in [-0.4, -0.2) is 13.1 Å². The lowest BCUT2D eigenvalue weighted by atomic mass is 10.1. The summed E-state index contributed by atoms with van der Waals surface area (Å²) in [5, 5.41) is 8.86. The summed E-state index contributed by atoms with van der Waals surface area (Å²) in [7, 11) is 0.